The van der Waals surface area contributed by atoms with E-state index >= 15 is 0 Å². The minimum absolute atomic E-state index is 0.0487. The van der Waals surface area contributed by atoms with Gasteiger partial charge >= 0.3 is 5.69 Å². The van der Waals surface area contributed by atoms with Crippen LogP contribution in [0.4, 0.5) is 0 Å². The number of aryl methyl sites for hydroxylation is 2. The number of hydrogen-bond donors (Lipinski definition) is 1. The molecule has 0 aliphatic heterocycles. The van der Waals surface area contributed by atoms with E-state index in [2.05, 4.69) is 20.6 Å². The van der Waals surface area contributed by atoms with Crippen LogP contribution in [0.1, 0.15) is 30.4 Å². The number of carbonyl (C=O) groups excluding carboxylic acids is 1. The van der Waals surface area contributed by atoms with Crippen LogP contribution >= 0.6 is 11.6 Å². The van der Waals surface area contributed by atoms with E-state index in [9.17, 15) is 14.4 Å². The van der Waals surface area contributed by atoms with Gasteiger partial charge in [0.25, 0.3) is 5.56 Å². The number of rotatable bonds is 8. The van der Waals surface area contributed by atoms with Crippen molar-refractivity contribution in [3.63, 3.8) is 0 Å². The third kappa shape index (κ3) is 5.55. The Morgan fingerprint density at radius 2 is 1.91 bits per heavy atom. The molecule has 2 aromatic carbocycles. The van der Waals surface area contributed by atoms with Crippen molar-refractivity contribution < 1.29 is 9.32 Å². The molecule has 0 aliphatic carbocycles. The Labute approximate surface area is 205 Å². The van der Waals surface area contributed by atoms with Crippen LogP contribution in [0, 0.1) is 6.92 Å². The van der Waals surface area contributed by atoms with Crippen LogP contribution in [0.3, 0.4) is 0 Å². The molecule has 4 aromatic rings. The Kier molecular flexibility index (Phi) is 7.21. The van der Waals surface area contributed by atoms with E-state index in [0.29, 0.717) is 17.3 Å². The summed E-state index contributed by atoms with van der Waals surface area (Å²) in [6.45, 7) is 4.11. The van der Waals surface area contributed by atoms with Gasteiger partial charge in [0.2, 0.25) is 17.6 Å². The summed E-state index contributed by atoms with van der Waals surface area (Å²) in [6.07, 6.45) is 0.283. The molecule has 35 heavy (non-hydrogen) atoms. The minimum Gasteiger partial charge on any atom is -0.352 e. The summed E-state index contributed by atoms with van der Waals surface area (Å²) >= 11 is 5.96. The van der Waals surface area contributed by atoms with E-state index in [-0.39, 0.29) is 42.7 Å². The molecule has 2 aromatic heterocycles. The molecule has 180 valence electrons. The summed E-state index contributed by atoms with van der Waals surface area (Å²) in [5, 5.41) is 11.5. The highest BCUT2D eigenvalue weighted by atomic mass is 35.5. The van der Waals surface area contributed by atoms with Crippen LogP contribution in [-0.4, -0.2) is 30.4 Å². The fourth-order valence-corrected chi connectivity index (χ4v) is 3.61. The standard InChI is InChI=1S/C24H23ClN6O4/c1-3-30-23(33)21(28-31(24(30)34)18-9-7-15(2)8-10-18)22-27-20(35-29-22)12-11-19(32)26-14-16-5-4-6-17(25)13-16/h4-10,13H,3,11-12,14H2,1-2H3,(H,26,32). The molecule has 0 bridgehead atoms. The van der Waals surface area contributed by atoms with Gasteiger partial charge in [0.05, 0.1) is 5.69 Å². The highest BCUT2D eigenvalue weighted by molar-refractivity contribution is 6.30. The first-order valence-corrected chi connectivity index (χ1v) is 11.4. The third-order valence-electron chi connectivity index (χ3n) is 5.28. The summed E-state index contributed by atoms with van der Waals surface area (Å²) in [6, 6.07) is 14.4. The average Bonchev–Trinajstić information content (AvgIpc) is 3.31. The Bertz CT molecular complexity index is 1470. The van der Waals surface area contributed by atoms with E-state index in [0.717, 1.165) is 20.4 Å². The molecule has 0 fully saturated rings. The number of benzene rings is 2. The fourth-order valence-electron chi connectivity index (χ4n) is 3.40. The molecule has 0 radical (unpaired) electrons. The molecular formula is C24H23ClN6O4. The Morgan fingerprint density at radius 3 is 2.63 bits per heavy atom. The van der Waals surface area contributed by atoms with Crippen molar-refractivity contribution in [3.8, 4) is 17.2 Å². The van der Waals surface area contributed by atoms with Gasteiger partial charge in [-0.05, 0) is 43.7 Å². The van der Waals surface area contributed by atoms with Crippen molar-refractivity contribution in [2.24, 2.45) is 0 Å². The molecule has 0 atom stereocenters. The minimum atomic E-state index is -0.618. The number of hydrogen-bond acceptors (Lipinski definition) is 7. The normalized spacial score (nSPS) is 10.9. The topological polar surface area (TPSA) is 125 Å². The Hall–Kier alpha value is -4.05. The molecule has 1 amide bonds. The second-order valence-corrected chi connectivity index (χ2v) is 8.28. The highest BCUT2D eigenvalue weighted by Gasteiger charge is 2.20. The molecule has 11 heteroatoms. The van der Waals surface area contributed by atoms with Gasteiger partial charge in [0, 0.05) is 31.0 Å². The van der Waals surface area contributed by atoms with Gasteiger partial charge in [-0.15, -0.1) is 0 Å². The van der Waals surface area contributed by atoms with E-state index in [1.807, 2.05) is 31.2 Å². The maximum absolute atomic E-state index is 12.9. The van der Waals surface area contributed by atoms with Crippen LogP contribution in [-0.2, 0) is 24.3 Å². The number of amides is 1. The van der Waals surface area contributed by atoms with E-state index in [4.69, 9.17) is 16.1 Å². The number of aromatic nitrogens is 5. The Morgan fingerprint density at radius 1 is 1.14 bits per heavy atom. The number of nitrogens with one attached hydrogen (secondary N) is 1. The first-order chi connectivity index (χ1) is 16.9. The first-order valence-electron chi connectivity index (χ1n) is 11.0. The maximum Gasteiger partial charge on any atom is 0.352 e. The maximum atomic E-state index is 12.9. The van der Waals surface area contributed by atoms with Gasteiger partial charge < -0.3 is 9.84 Å². The first kappa shape index (κ1) is 24.1. The number of halogens is 1. The van der Waals surface area contributed by atoms with Crippen molar-refractivity contribution in [2.75, 3.05) is 0 Å². The molecular weight excluding hydrogens is 472 g/mol. The zero-order valence-electron chi connectivity index (χ0n) is 19.2. The molecule has 0 aliphatic rings. The smallest absolute Gasteiger partial charge is 0.352 e. The summed E-state index contributed by atoms with van der Waals surface area (Å²) in [4.78, 5) is 42.1. The fraction of sp³-hybridized carbons (Fsp3) is 0.250. The largest absolute Gasteiger partial charge is 0.352 e. The van der Waals surface area contributed by atoms with Crippen molar-refractivity contribution >= 4 is 17.5 Å². The predicted octanol–water partition coefficient (Wildman–Crippen LogP) is 2.67. The van der Waals surface area contributed by atoms with E-state index in [1.165, 1.54) is 0 Å². The van der Waals surface area contributed by atoms with Gasteiger partial charge in [-0.3, -0.25) is 14.2 Å². The lowest BCUT2D eigenvalue weighted by atomic mass is 10.2. The second kappa shape index (κ2) is 10.5. The van der Waals surface area contributed by atoms with E-state index in [1.54, 1.807) is 31.2 Å². The van der Waals surface area contributed by atoms with Crippen molar-refractivity contribution in [2.45, 2.75) is 39.8 Å². The van der Waals surface area contributed by atoms with Crippen molar-refractivity contribution in [1.82, 2.24) is 29.8 Å². The molecule has 0 unspecified atom stereocenters. The Balaban J connectivity index is 1.51. The molecule has 0 spiro atoms. The second-order valence-electron chi connectivity index (χ2n) is 7.85. The summed E-state index contributed by atoms with van der Waals surface area (Å²) in [7, 11) is 0. The lowest BCUT2D eigenvalue weighted by molar-refractivity contribution is -0.121. The summed E-state index contributed by atoms with van der Waals surface area (Å²) < 4.78 is 7.43. The third-order valence-corrected chi connectivity index (χ3v) is 5.51. The number of nitrogens with zero attached hydrogens (tertiary/aromatic N) is 5. The van der Waals surface area contributed by atoms with Gasteiger partial charge in [-0.2, -0.15) is 14.8 Å². The van der Waals surface area contributed by atoms with E-state index < -0.39 is 11.2 Å². The van der Waals surface area contributed by atoms with Crippen LogP contribution in [0.5, 0.6) is 0 Å². The molecule has 1 N–H and O–H groups in total. The molecule has 0 saturated carbocycles. The average molecular weight is 495 g/mol. The van der Waals surface area contributed by atoms with Gasteiger partial charge in [-0.1, -0.05) is 46.6 Å². The molecule has 2 heterocycles. The van der Waals surface area contributed by atoms with Crippen LogP contribution < -0.4 is 16.6 Å². The number of carbonyl (C=O) groups is 1. The SMILES string of the molecule is CCn1c(=O)c(-c2noc(CCC(=O)NCc3cccc(Cl)c3)n2)nn(-c2ccc(C)cc2)c1=O. The monoisotopic (exact) mass is 494 g/mol. The van der Waals surface area contributed by atoms with Crippen molar-refractivity contribution in [3.05, 3.63) is 91.4 Å². The van der Waals surface area contributed by atoms with Gasteiger partial charge in [0.1, 0.15) is 0 Å². The lowest BCUT2D eigenvalue weighted by Crippen LogP contribution is -2.41. The summed E-state index contributed by atoms with van der Waals surface area (Å²) in [5.74, 6) is -0.0771. The highest BCUT2D eigenvalue weighted by Crippen LogP contribution is 2.13. The van der Waals surface area contributed by atoms with Crippen LogP contribution in [0.25, 0.3) is 17.2 Å². The van der Waals surface area contributed by atoms with Gasteiger partial charge in [-0.25, -0.2) is 4.79 Å². The lowest BCUT2D eigenvalue weighted by Gasteiger charge is -2.09. The van der Waals surface area contributed by atoms with Gasteiger partial charge in [0.15, 0.2) is 5.69 Å². The zero-order chi connectivity index (χ0) is 24.9. The van der Waals surface area contributed by atoms with Crippen molar-refractivity contribution in [1.29, 1.82) is 0 Å². The van der Waals surface area contributed by atoms with Crippen LogP contribution in [0.15, 0.2) is 62.6 Å². The predicted molar refractivity (Wildman–Crippen MR) is 129 cm³/mol. The summed E-state index contributed by atoms with van der Waals surface area (Å²) in [5.41, 5.74) is 1.10. The molecule has 0 saturated heterocycles. The zero-order valence-corrected chi connectivity index (χ0v) is 20.0. The van der Waals surface area contributed by atoms with Crippen LogP contribution in [0.2, 0.25) is 5.02 Å². The molecule has 4 rings (SSSR count). The quantitative estimate of drug-likeness (QED) is 0.399. The molecule has 10 nitrogen and oxygen atoms in total.